The summed E-state index contributed by atoms with van der Waals surface area (Å²) in [5, 5.41) is 3.79. The second kappa shape index (κ2) is 9.24. The fourth-order valence-electron chi connectivity index (χ4n) is 4.29. The van der Waals surface area contributed by atoms with Gasteiger partial charge in [0.1, 0.15) is 10.6 Å². The minimum Gasteiger partial charge on any atom is -0.478 e. The van der Waals surface area contributed by atoms with E-state index in [1.807, 2.05) is 24.3 Å². The van der Waals surface area contributed by atoms with Crippen molar-refractivity contribution >= 4 is 28.6 Å². The molecular formula is C23H22N6O6S. The second-order valence-electron chi connectivity index (χ2n) is 8.27. The lowest BCUT2D eigenvalue weighted by molar-refractivity contribution is -0.150. The summed E-state index contributed by atoms with van der Waals surface area (Å²) < 4.78 is 25.9. The van der Waals surface area contributed by atoms with E-state index in [1.165, 1.54) is 6.39 Å². The number of aromatic nitrogens is 3. The van der Waals surface area contributed by atoms with E-state index < -0.39 is 22.7 Å². The Balaban J connectivity index is 1.02. The first-order valence-electron chi connectivity index (χ1n) is 11.4. The average Bonchev–Trinajstić information content (AvgIpc) is 3.62. The molecule has 13 heteroatoms. The summed E-state index contributed by atoms with van der Waals surface area (Å²) in [5.74, 6) is -0.338. The molecule has 0 N–H and O–H groups in total. The van der Waals surface area contributed by atoms with E-state index in [1.54, 1.807) is 18.2 Å². The summed E-state index contributed by atoms with van der Waals surface area (Å²) in [4.78, 5) is 37.1. The van der Waals surface area contributed by atoms with Crippen molar-refractivity contribution in [3.05, 3.63) is 54.4 Å². The highest BCUT2D eigenvalue weighted by Crippen LogP contribution is 2.66. The number of carbonyl (C=O) groups is 2. The number of rotatable bonds is 6. The largest absolute Gasteiger partial charge is 0.478 e. The number of hydrogen-bond acceptors (Lipinski definition) is 12. The number of fused-ring (bicyclic) bond motifs is 2. The highest BCUT2D eigenvalue weighted by Gasteiger charge is 2.49. The first-order valence-corrected chi connectivity index (χ1v) is 12.9. The summed E-state index contributed by atoms with van der Waals surface area (Å²) in [6.45, 7) is 4.60. The third-order valence-electron chi connectivity index (χ3n) is 6.01. The number of carbonyl (C=O) groups excluding carboxylic acids is 2. The molecule has 2 aromatic heterocycles. The molecule has 0 amide bonds. The van der Waals surface area contributed by atoms with Gasteiger partial charge in [0.15, 0.2) is 5.84 Å². The number of piperazine rings is 1. The number of benzene rings is 1. The van der Waals surface area contributed by atoms with Gasteiger partial charge in [-0.15, -0.1) is 4.40 Å². The minimum absolute atomic E-state index is 0.421. The van der Waals surface area contributed by atoms with Crippen molar-refractivity contribution in [3.8, 4) is 17.4 Å². The Morgan fingerprint density at radius 2 is 1.78 bits per heavy atom. The molecule has 0 saturated carbocycles. The lowest BCUT2D eigenvalue weighted by Crippen LogP contribution is -2.49. The van der Waals surface area contributed by atoms with Gasteiger partial charge in [0.05, 0.1) is 6.61 Å². The second-order valence-corrected chi connectivity index (χ2v) is 10.2. The zero-order chi connectivity index (χ0) is 24.5. The molecular weight excluding hydrogens is 488 g/mol. The van der Waals surface area contributed by atoms with Gasteiger partial charge in [-0.1, -0.05) is 23.4 Å². The van der Waals surface area contributed by atoms with E-state index in [2.05, 4.69) is 29.3 Å². The summed E-state index contributed by atoms with van der Waals surface area (Å²) in [6.07, 6.45) is 2.11. The van der Waals surface area contributed by atoms with Crippen LogP contribution in [-0.2, 0) is 18.0 Å². The molecule has 12 nitrogen and oxygen atoms in total. The normalized spacial score (nSPS) is 19.6. The maximum atomic E-state index is 11.8. The van der Waals surface area contributed by atoms with Crippen LogP contribution in [0.1, 0.15) is 12.0 Å². The number of pyridine rings is 1. The van der Waals surface area contributed by atoms with Crippen LogP contribution in [0.25, 0.3) is 11.5 Å². The minimum atomic E-state index is -2.76. The van der Waals surface area contributed by atoms with E-state index in [0.717, 1.165) is 44.7 Å². The van der Waals surface area contributed by atoms with Crippen LogP contribution in [0.4, 0.5) is 0 Å². The monoisotopic (exact) mass is 510 g/mol. The summed E-state index contributed by atoms with van der Waals surface area (Å²) in [7, 11) is -2.76. The van der Waals surface area contributed by atoms with Gasteiger partial charge in [-0.3, -0.25) is 4.90 Å². The van der Waals surface area contributed by atoms with E-state index >= 15 is 0 Å². The Morgan fingerprint density at radius 1 is 0.972 bits per heavy atom. The third kappa shape index (κ3) is 4.16. The average molecular weight is 511 g/mol. The van der Waals surface area contributed by atoms with Crippen molar-refractivity contribution in [2.75, 3.05) is 39.3 Å². The molecule has 2 fully saturated rings. The molecule has 186 valence electrons. The molecule has 5 heterocycles. The van der Waals surface area contributed by atoms with E-state index in [9.17, 15) is 9.59 Å². The number of hydrogen-bond donors (Lipinski definition) is 0. The van der Waals surface area contributed by atoms with Gasteiger partial charge in [0, 0.05) is 55.1 Å². The third-order valence-corrected chi connectivity index (χ3v) is 8.09. The molecule has 0 unspecified atom stereocenters. The lowest BCUT2D eigenvalue weighted by atomic mass is 10.1. The Labute approximate surface area is 207 Å². The smallest absolute Gasteiger partial charge is 0.443 e. The van der Waals surface area contributed by atoms with Crippen LogP contribution >= 0.6 is 10.8 Å². The molecule has 0 radical (unpaired) electrons. The molecule has 0 aliphatic carbocycles. The quantitative estimate of drug-likeness (QED) is 0.356. The highest BCUT2D eigenvalue weighted by atomic mass is 32.3. The van der Waals surface area contributed by atoms with Crippen molar-refractivity contribution in [2.45, 2.75) is 11.3 Å². The van der Waals surface area contributed by atoms with E-state index in [0.29, 0.717) is 34.7 Å². The first-order chi connectivity index (χ1) is 17.6. The summed E-state index contributed by atoms with van der Waals surface area (Å²) >= 11 is 0. The topological polar surface area (TPSA) is 132 Å². The maximum absolute atomic E-state index is 11.8. The van der Waals surface area contributed by atoms with Crippen molar-refractivity contribution in [1.29, 1.82) is 0 Å². The first kappa shape index (κ1) is 22.5. The molecule has 0 atom stereocenters. The van der Waals surface area contributed by atoms with Crippen molar-refractivity contribution < 1.29 is 27.2 Å². The molecule has 2 saturated heterocycles. The predicted molar refractivity (Wildman–Crippen MR) is 127 cm³/mol. The highest BCUT2D eigenvalue weighted by molar-refractivity contribution is 8.26. The molecule has 3 aliphatic rings. The van der Waals surface area contributed by atoms with Gasteiger partial charge in [-0.05, 0) is 24.6 Å². The number of amidine groups is 1. The van der Waals surface area contributed by atoms with E-state index in [4.69, 9.17) is 17.6 Å². The molecule has 36 heavy (non-hydrogen) atoms. The Kier molecular flexibility index (Phi) is 5.77. The lowest BCUT2D eigenvalue weighted by Gasteiger charge is -2.35. The Morgan fingerprint density at radius 3 is 2.56 bits per heavy atom. The predicted octanol–water partition coefficient (Wildman–Crippen LogP) is 1.99. The Bertz CT molecular complexity index is 1310. The zero-order valence-corrected chi connectivity index (χ0v) is 19.9. The number of ether oxygens (including phenoxy) is 1. The molecule has 0 bridgehead atoms. The molecule has 6 rings (SSSR count). The standard InChI is InChI=1S/C23H22N6O6S/c30-22-23(31)35-36(34-22)18-7-2-1-5-16(18)21(27-36)29-12-10-28(11-13-29)9-4-14-32-19-8-3-6-17(25-19)20-24-15-33-26-20/h1-3,5-8,15H,4,9-14H2. The molecule has 3 aliphatic heterocycles. The van der Waals surface area contributed by atoms with Gasteiger partial charge in [-0.25, -0.2) is 14.6 Å². The van der Waals surface area contributed by atoms with Crippen molar-refractivity contribution in [3.63, 3.8) is 0 Å². The van der Waals surface area contributed by atoms with Crippen molar-refractivity contribution in [1.82, 2.24) is 24.9 Å². The van der Waals surface area contributed by atoms with Crippen molar-refractivity contribution in [2.24, 2.45) is 4.40 Å². The van der Waals surface area contributed by atoms with Crippen LogP contribution in [0, 0.1) is 0 Å². The fraction of sp³-hybridized carbons (Fsp3) is 0.304. The van der Waals surface area contributed by atoms with Crippen LogP contribution in [0.3, 0.4) is 0 Å². The molecule has 1 spiro atoms. The van der Waals surface area contributed by atoms with Gasteiger partial charge >= 0.3 is 11.9 Å². The van der Waals surface area contributed by atoms with Crippen LogP contribution < -0.4 is 4.74 Å². The maximum Gasteiger partial charge on any atom is 0.443 e. The fourth-order valence-corrected chi connectivity index (χ4v) is 6.35. The summed E-state index contributed by atoms with van der Waals surface area (Å²) in [5.41, 5.74) is 1.44. The Hall–Kier alpha value is -3.97. The molecule has 1 aromatic carbocycles. The van der Waals surface area contributed by atoms with Gasteiger partial charge in [0.2, 0.25) is 18.1 Å². The van der Waals surface area contributed by atoms with Gasteiger partial charge < -0.3 is 22.5 Å². The van der Waals surface area contributed by atoms with E-state index in [-0.39, 0.29) is 0 Å². The number of nitrogens with zero attached hydrogens (tertiary/aromatic N) is 6. The van der Waals surface area contributed by atoms with Gasteiger partial charge in [-0.2, -0.15) is 4.98 Å². The zero-order valence-electron chi connectivity index (χ0n) is 19.1. The van der Waals surface area contributed by atoms with Gasteiger partial charge in [0.25, 0.3) is 0 Å². The SMILES string of the molecule is O=C1OS2(N=C(N3CCN(CCCOc4cccc(-c5ncon5)n4)CC3)c3ccccc32)OC1=O. The van der Waals surface area contributed by atoms with Crippen LogP contribution in [0.15, 0.2) is 62.7 Å². The van der Waals surface area contributed by atoms with Crippen LogP contribution in [0.5, 0.6) is 5.88 Å². The van der Waals surface area contributed by atoms with Crippen LogP contribution in [-0.4, -0.2) is 82.0 Å². The van der Waals surface area contributed by atoms with Crippen LogP contribution in [0.2, 0.25) is 0 Å². The summed E-state index contributed by atoms with van der Waals surface area (Å²) in [6, 6.07) is 12.9. The molecule has 3 aromatic rings.